The van der Waals surface area contributed by atoms with E-state index in [0.29, 0.717) is 0 Å². The predicted octanol–water partition coefficient (Wildman–Crippen LogP) is 1.60. The topological polar surface area (TPSA) is 55.4 Å². The Kier molecular flexibility index (Phi) is 5.42. The van der Waals surface area contributed by atoms with E-state index in [0.717, 1.165) is 5.56 Å². The highest BCUT2D eigenvalue weighted by atomic mass is 32.1. The molecule has 1 aromatic rings. The lowest BCUT2D eigenvalue weighted by Crippen LogP contribution is -2.52. The molecular weight excluding hydrogens is 262 g/mol. The molecule has 1 N–H and O–H groups in total. The maximum absolute atomic E-state index is 11.9. The van der Waals surface area contributed by atoms with E-state index >= 15 is 0 Å². The Morgan fingerprint density at radius 1 is 1.32 bits per heavy atom. The molecule has 0 aliphatic rings. The van der Waals surface area contributed by atoms with Gasteiger partial charge in [0.1, 0.15) is 6.04 Å². The van der Waals surface area contributed by atoms with E-state index in [4.69, 9.17) is 0 Å². The highest BCUT2D eigenvalue weighted by Crippen LogP contribution is 2.18. The zero-order chi connectivity index (χ0) is 14.5. The van der Waals surface area contributed by atoms with E-state index in [9.17, 15) is 9.59 Å². The summed E-state index contributed by atoms with van der Waals surface area (Å²) in [7, 11) is 1.29. The second kappa shape index (κ2) is 6.61. The highest BCUT2D eigenvalue weighted by Gasteiger charge is 2.34. The van der Waals surface area contributed by atoms with Crippen molar-refractivity contribution in [3.8, 4) is 0 Å². The van der Waals surface area contributed by atoms with Crippen molar-refractivity contribution in [2.75, 3.05) is 7.11 Å². The fraction of sp³-hybridized carbons (Fsp3) is 0.429. The fourth-order valence-corrected chi connectivity index (χ4v) is 1.81. The average Bonchev–Trinajstić information content (AvgIpc) is 2.35. The third kappa shape index (κ3) is 4.95. The van der Waals surface area contributed by atoms with Gasteiger partial charge in [-0.25, -0.2) is 4.79 Å². The van der Waals surface area contributed by atoms with Crippen LogP contribution < -0.4 is 5.32 Å². The van der Waals surface area contributed by atoms with Crippen molar-refractivity contribution in [3.63, 3.8) is 0 Å². The molecule has 19 heavy (non-hydrogen) atoms. The number of carbonyl (C=O) groups excluding carboxylic acids is 2. The number of esters is 1. The molecule has 4 nitrogen and oxygen atoms in total. The summed E-state index contributed by atoms with van der Waals surface area (Å²) in [5.74, 6) is -0.731. The van der Waals surface area contributed by atoms with Crippen molar-refractivity contribution in [3.05, 3.63) is 35.9 Å². The number of carbonyl (C=O) groups is 2. The molecule has 0 spiro atoms. The van der Waals surface area contributed by atoms with Crippen LogP contribution in [0.5, 0.6) is 0 Å². The first-order chi connectivity index (χ1) is 8.84. The summed E-state index contributed by atoms with van der Waals surface area (Å²) in [5, 5.41) is 2.67. The van der Waals surface area contributed by atoms with Crippen LogP contribution in [0, 0.1) is 0 Å². The van der Waals surface area contributed by atoms with Crippen molar-refractivity contribution in [1.82, 2.24) is 5.32 Å². The van der Waals surface area contributed by atoms with E-state index < -0.39 is 16.8 Å². The zero-order valence-corrected chi connectivity index (χ0v) is 12.2. The van der Waals surface area contributed by atoms with Gasteiger partial charge in [-0.05, 0) is 19.4 Å². The number of methoxy groups -OCH3 is 1. The number of thiol groups is 1. The summed E-state index contributed by atoms with van der Waals surface area (Å²) in [4.78, 5) is 23.6. The molecule has 1 atom stereocenters. The normalized spacial score (nSPS) is 12.6. The molecule has 1 amide bonds. The number of hydrogen-bond acceptors (Lipinski definition) is 4. The molecule has 104 valence electrons. The molecule has 0 fully saturated rings. The van der Waals surface area contributed by atoms with E-state index in [1.54, 1.807) is 13.8 Å². The molecule has 0 saturated carbocycles. The van der Waals surface area contributed by atoms with Crippen LogP contribution in [0.15, 0.2) is 30.3 Å². The van der Waals surface area contributed by atoms with Crippen molar-refractivity contribution >= 4 is 24.5 Å². The minimum absolute atomic E-state index is 0.220. The van der Waals surface area contributed by atoms with Gasteiger partial charge in [-0.2, -0.15) is 12.6 Å². The number of ether oxygens (including phenoxy) is 1. The Morgan fingerprint density at radius 2 is 1.89 bits per heavy atom. The average molecular weight is 281 g/mol. The Labute approximate surface area is 118 Å². The summed E-state index contributed by atoms with van der Waals surface area (Å²) in [6, 6.07) is 8.55. The molecule has 1 rings (SSSR count). The van der Waals surface area contributed by atoms with Gasteiger partial charge in [-0.15, -0.1) is 0 Å². The van der Waals surface area contributed by atoms with Gasteiger partial charge < -0.3 is 10.1 Å². The minimum Gasteiger partial charge on any atom is -0.467 e. The van der Waals surface area contributed by atoms with E-state index in [-0.39, 0.29) is 12.3 Å². The van der Waals surface area contributed by atoms with Crippen LogP contribution >= 0.6 is 12.6 Å². The molecule has 5 heteroatoms. The van der Waals surface area contributed by atoms with Gasteiger partial charge in [-0.3, -0.25) is 4.79 Å². The first-order valence-electron chi connectivity index (χ1n) is 5.98. The maximum atomic E-state index is 11.9. The Balaban J connectivity index is 2.70. The van der Waals surface area contributed by atoms with Crippen molar-refractivity contribution in [1.29, 1.82) is 0 Å². The van der Waals surface area contributed by atoms with E-state index in [1.165, 1.54) is 7.11 Å². The monoisotopic (exact) mass is 281 g/mol. The van der Waals surface area contributed by atoms with E-state index in [2.05, 4.69) is 22.7 Å². The standard InChI is InChI=1S/C14H19NO3S/c1-14(2,19)12(13(17)18-3)15-11(16)9-10-7-5-4-6-8-10/h4-8,12,19H,9H2,1-3H3,(H,15,16)/t12-/m0/s1. The van der Waals surface area contributed by atoms with Crippen molar-refractivity contribution in [2.45, 2.75) is 31.1 Å². The molecule has 0 heterocycles. The Morgan fingerprint density at radius 3 is 2.37 bits per heavy atom. The lowest BCUT2D eigenvalue weighted by atomic mass is 10.0. The fourth-order valence-electron chi connectivity index (χ4n) is 1.64. The minimum atomic E-state index is -0.781. The number of hydrogen-bond donors (Lipinski definition) is 2. The zero-order valence-electron chi connectivity index (χ0n) is 11.3. The van der Waals surface area contributed by atoms with Crippen LogP contribution in [0.25, 0.3) is 0 Å². The third-order valence-corrected chi connectivity index (χ3v) is 2.91. The van der Waals surface area contributed by atoms with Crippen LogP contribution in [-0.2, 0) is 20.7 Å². The highest BCUT2D eigenvalue weighted by molar-refractivity contribution is 7.81. The number of nitrogens with one attached hydrogen (secondary N) is 1. The van der Waals surface area contributed by atoms with Gasteiger partial charge in [0.05, 0.1) is 13.5 Å². The lowest BCUT2D eigenvalue weighted by Gasteiger charge is -2.28. The largest absolute Gasteiger partial charge is 0.467 e. The summed E-state index contributed by atoms with van der Waals surface area (Å²) in [6.45, 7) is 3.50. The van der Waals surface area contributed by atoms with Crippen molar-refractivity contribution in [2.24, 2.45) is 0 Å². The molecule has 0 aliphatic heterocycles. The number of benzene rings is 1. The van der Waals surface area contributed by atoms with E-state index in [1.807, 2.05) is 30.3 Å². The van der Waals surface area contributed by atoms with Crippen LogP contribution in [0.2, 0.25) is 0 Å². The van der Waals surface area contributed by atoms with Crippen LogP contribution in [0.3, 0.4) is 0 Å². The number of amides is 1. The molecule has 0 aliphatic carbocycles. The van der Waals surface area contributed by atoms with Gasteiger partial charge >= 0.3 is 5.97 Å². The first-order valence-corrected chi connectivity index (χ1v) is 6.43. The molecule has 1 aromatic carbocycles. The SMILES string of the molecule is COC(=O)[C@H](NC(=O)Cc1ccccc1)C(C)(C)S. The molecular formula is C14H19NO3S. The van der Waals surface area contributed by atoms with Gasteiger partial charge in [0, 0.05) is 4.75 Å². The number of rotatable bonds is 5. The van der Waals surface area contributed by atoms with Gasteiger partial charge in [0.15, 0.2) is 0 Å². The summed E-state index contributed by atoms with van der Waals surface area (Å²) < 4.78 is 3.99. The second-order valence-corrected chi connectivity index (χ2v) is 5.99. The summed E-state index contributed by atoms with van der Waals surface area (Å²) >= 11 is 4.33. The van der Waals surface area contributed by atoms with Gasteiger partial charge in [-0.1, -0.05) is 30.3 Å². The Bertz CT molecular complexity index is 440. The van der Waals surface area contributed by atoms with Gasteiger partial charge in [0.2, 0.25) is 5.91 Å². The maximum Gasteiger partial charge on any atom is 0.329 e. The molecule has 0 bridgehead atoms. The predicted molar refractivity (Wildman–Crippen MR) is 77.2 cm³/mol. The molecule has 0 radical (unpaired) electrons. The quantitative estimate of drug-likeness (QED) is 0.636. The van der Waals surface area contributed by atoms with Crippen LogP contribution in [0.1, 0.15) is 19.4 Å². The second-order valence-electron chi connectivity index (χ2n) is 4.84. The molecule has 0 unspecified atom stereocenters. The van der Waals surface area contributed by atoms with Crippen LogP contribution in [-0.4, -0.2) is 29.8 Å². The third-order valence-electron chi connectivity index (χ3n) is 2.66. The smallest absolute Gasteiger partial charge is 0.329 e. The lowest BCUT2D eigenvalue weighted by molar-refractivity contribution is -0.145. The first kappa shape index (κ1) is 15.6. The molecule has 0 saturated heterocycles. The molecule has 0 aromatic heterocycles. The Hall–Kier alpha value is -1.49. The summed E-state index contributed by atoms with van der Waals surface area (Å²) in [6.07, 6.45) is 0.220. The summed E-state index contributed by atoms with van der Waals surface area (Å²) in [5.41, 5.74) is 0.889. The van der Waals surface area contributed by atoms with Crippen LogP contribution in [0.4, 0.5) is 0 Å². The van der Waals surface area contributed by atoms with Gasteiger partial charge in [0.25, 0.3) is 0 Å². The van der Waals surface area contributed by atoms with Crippen molar-refractivity contribution < 1.29 is 14.3 Å².